The van der Waals surface area contributed by atoms with Crippen LogP contribution in [0.3, 0.4) is 0 Å². The lowest BCUT2D eigenvalue weighted by Gasteiger charge is -2.32. The molecule has 2 aliphatic rings. The van der Waals surface area contributed by atoms with E-state index in [1.807, 2.05) is 35.2 Å². The summed E-state index contributed by atoms with van der Waals surface area (Å²) in [5.74, 6) is 2.19. The van der Waals surface area contributed by atoms with Gasteiger partial charge in [0, 0.05) is 31.6 Å². The first kappa shape index (κ1) is 16.3. The van der Waals surface area contributed by atoms with Gasteiger partial charge in [0.15, 0.2) is 0 Å². The minimum atomic E-state index is 0.107. The summed E-state index contributed by atoms with van der Waals surface area (Å²) in [6, 6.07) is 9.89. The third-order valence-electron chi connectivity index (χ3n) is 5.43. The molecule has 3 heterocycles. The number of aromatic nitrogens is 3. The van der Waals surface area contributed by atoms with Gasteiger partial charge in [-0.05, 0) is 38.6 Å². The van der Waals surface area contributed by atoms with Crippen molar-refractivity contribution in [2.45, 2.75) is 38.3 Å². The van der Waals surface area contributed by atoms with Gasteiger partial charge in [0.25, 0.3) is 5.91 Å². The molecule has 0 bridgehead atoms. The Hall–Kier alpha value is -2.21. The van der Waals surface area contributed by atoms with Gasteiger partial charge in [-0.2, -0.15) is 0 Å². The van der Waals surface area contributed by atoms with E-state index in [4.69, 9.17) is 0 Å². The molecule has 0 N–H and O–H groups in total. The standard InChI is InChI=1S/C19H25N5O/c1-22-11-6-5-9-16(22)18-21-20-17-10-12-23(13-14-24(17)18)19(25)15-7-3-2-4-8-15/h2-4,7-8,16H,5-6,9-14H2,1H3/t16-/m1/s1. The van der Waals surface area contributed by atoms with Gasteiger partial charge in [-0.25, -0.2) is 0 Å². The van der Waals surface area contributed by atoms with Crippen LogP contribution < -0.4 is 0 Å². The van der Waals surface area contributed by atoms with Crippen LogP contribution in [-0.4, -0.2) is 57.2 Å². The predicted molar refractivity (Wildman–Crippen MR) is 95.3 cm³/mol. The fourth-order valence-corrected chi connectivity index (χ4v) is 3.96. The summed E-state index contributed by atoms with van der Waals surface area (Å²) in [5, 5.41) is 8.95. The van der Waals surface area contributed by atoms with Gasteiger partial charge in [-0.3, -0.25) is 9.69 Å². The monoisotopic (exact) mass is 339 g/mol. The Kier molecular flexibility index (Phi) is 4.53. The number of carbonyl (C=O) groups is 1. The molecule has 1 aromatic heterocycles. The largest absolute Gasteiger partial charge is 0.336 e. The lowest BCUT2D eigenvalue weighted by atomic mass is 10.0. The highest BCUT2D eigenvalue weighted by molar-refractivity contribution is 5.94. The van der Waals surface area contributed by atoms with Crippen molar-refractivity contribution in [3.05, 3.63) is 47.5 Å². The first-order valence-corrected chi connectivity index (χ1v) is 9.20. The Morgan fingerprint density at radius 3 is 2.68 bits per heavy atom. The molecule has 2 aliphatic heterocycles. The Morgan fingerprint density at radius 1 is 1.04 bits per heavy atom. The van der Waals surface area contributed by atoms with Crippen LogP contribution in [0.15, 0.2) is 30.3 Å². The van der Waals surface area contributed by atoms with Gasteiger partial charge in [0.05, 0.1) is 6.04 Å². The molecule has 1 amide bonds. The van der Waals surface area contributed by atoms with E-state index in [0.717, 1.165) is 43.1 Å². The van der Waals surface area contributed by atoms with Gasteiger partial charge in [0.2, 0.25) is 0 Å². The number of likely N-dealkylation sites (tertiary alicyclic amines) is 1. The van der Waals surface area contributed by atoms with Crippen LogP contribution in [-0.2, 0) is 13.0 Å². The number of nitrogens with zero attached hydrogens (tertiary/aromatic N) is 5. The van der Waals surface area contributed by atoms with Crippen LogP contribution in [0.1, 0.15) is 47.3 Å². The molecule has 1 aromatic carbocycles. The lowest BCUT2D eigenvalue weighted by Crippen LogP contribution is -2.34. The van der Waals surface area contributed by atoms with Crippen LogP contribution in [0.5, 0.6) is 0 Å². The van der Waals surface area contributed by atoms with Crippen LogP contribution in [0.25, 0.3) is 0 Å². The zero-order valence-electron chi connectivity index (χ0n) is 14.8. The van der Waals surface area contributed by atoms with E-state index in [9.17, 15) is 4.79 Å². The maximum atomic E-state index is 12.7. The average Bonchev–Trinajstić information content (AvgIpc) is 2.93. The van der Waals surface area contributed by atoms with E-state index in [1.165, 1.54) is 12.8 Å². The van der Waals surface area contributed by atoms with Crippen molar-refractivity contribution in [3.63, 3.8) is 0 Å². The van der Waals surface area contributed by atoms with Crippen molar-refractivity contribution in [1.82, 2.24) is 24.6 Å². The summed E-state index contributed by atoms with van der Waals surface area (Å²) < 4.78 is 2.25. The fourth-order valence-electron chi connectivity index (χ4n) is 3.96. The minimum absolute atomic E-state index is 0.107. The topological polar surface area (TPSA) is 54.3 Å². The van der Waals surface area contributed by atoms with E-state index in [0.29, 0.717) is 19.1 Å². The molecule has 4 rings (SSSR count). The van der Waals surface area contributed by atoms with Crippen molar-refractivity contribution in [2.75, 3.05) is 26.7 Å². The van der Waals surface area contributed by atoms with Crippen LogP contribution in [0.4, 0.5) is 0 Å². The molecule has 0 aliphatic carbocycles. The van der Waals surface area contributed by atoms with Crippen LogP contribution in [0, 0.1) is 0 Å². The number of piperidine rings is 1. The smallest absolute Gasteiger partial charge is 0.253 e. The van der Waals surface area contributed by atoms with E-state index in [1.54, 1.807) is 0 Å². The van der Waals surface area contributed by atoms with E-state index in [-0.39, 0.29) is 5.91 Å². The molecule has 0 saturated carbocycles. The summed E-state index contributed by atoms with van der Waals surface area (Å²) in [5.41, 5.74) is 0.757. The fraction of sp³-hybridized carbons (Fsp3) is 0.526. The zero-order chi connectivity index (χ0) is 17.2. The molecule has 1 atom stereocenters. The number of rotatable bonds is 2. The molecule has 132 valence electrons. The van der Waals surface area contributed by atoms with Gasteiger partial charge in [-0.1, -0.05) is 24.6 Å². The van der Waals surface area contributed by atoms with Crippen molar-refractivity contribution < 1.29 is 4.79 Å². The molecule has 0 radical (unpaired) electrons. The first-order valence-electron chi connectivity index (χ1n) is 9.20. The van der Waals surface area contributed by atoms with Crippen molar-refractivity contribution in [1.29, 1.82) is 0 Å². The highest BCUT2D eigenvalue weighted by atomic mass is 16.2. The number of fused-ring (bicyclic) bond motifs is 1. The second-order valence-electron chi connectivity index (χ2n) is 7.03. The Labute approximate surface area is 148 Å². The van der Waals surface area contributed by atoms with E-state index in [2.05, 4.69) is 26.7 Å². The normalized spacial score (nSPS) is 21.6. The average molecular weight is 339 g/mol. The second-order valence-corrected chi connectivity index (χ2v) is 7.03. The van der Waals surface area contributed by atoms with E-state index >= 15 is 0 Å². The number of hydrogen-bond donors (Lipinski definition) is 0. The van der Waals surface area contributed by atoms with Gasteiger partial charge in [0.1, 0.15) is 11.6 Å². The number of carbonyl (C=O) groups excluding carboxylic acids is 1. The molecule has 0 unspecified atom stereocenters. The first-order chi connectivity index (χ1) is 12.2. The Morgan fingerprint density at radius 2 is 1.88 bits per heavy atom. The SMILES string of the molecule is CN1CCCC[C@@H]1c1nnc2n1CCN(C(=O)c1ccccc1)CC2. The number of benzene rings is 1. The number of amides is 1. The van der Waals surface area contributed by atoms with Gasteiger partial charge < -0.3 is 9.47 Å². The molecule has 6 heteroatoms. The molecule has 6 nitrogen and oxygen atoms in total. The third kappa shape index (κ3) is 3.18. The molecule has 1 fully saturated rings. The van der Waals surface area contributed by atoms with Crippen molar-refractivity contribution in [2.24, 2.45) is 0 Å². The Balaban J connectivity index is 1.52. The number of hydrogen-bond acceptors (Lipinski definition) is 4. The zero-order valence-corrected chi connectivity index (χ0v) is 14.8. The highest BCUT2D eigenvalue weighted by Crippen LogP contribution is 2.29. The molecule has 1 saturated heterocycles. The predicted octanol–water partition coefficient (Wildman–Crippen LogP) is 2.13. The van der Waals surface area contributed by atoms with Gasteiger partial charge >= 0.3 is 0 Å². The Bertz CT molecular complexity index is 742. The third-order valence-corrected chi connectivity index (χ3v) is 5.43. The summed E-state index contributed by atoms with van der Waals surface area (Å²) in [6.07, 6.45) is 4.41. The second kappa shape index (κ2) is 6.96. The molecule has 2 aromatic rings. The van der Waals surface area contributed by atoms with Crippen LogP contribution >= 0.6 is 0 Å². The summed E-state index contributed by atoms with van der Waals surface area (Å²) >= 11 is 0. The maximum absolute atomic E-state index is 12.7. The highest BCUT2D eigenvalue weighted by Gasteiger charge is 2.29. The molecular weight excluding hydrogens is 314 g/mol. The van der Waals surface area contributed by atoms with Gasteiger partial charge in [-0.15, -0.1) is 10.2 Å². The summed E-state index contributed by atoms with van der Waals surface area (Å²) in [4.78, 5) is 17.1. The quantitative estimate of drug-likeness (QED) is 0.841. The minimum Gasteiger partial charge on any atom is -0.336 e. The molecule has 25 heavy (non-hydrogen) atoms. The lowest BCUT2D eigenvalue weighted by molar-refractivity contribution is 0.0758. The van der Waals surface area contributed by atoms with Crippen molar-refractivity contribution >= 4 is 5.91 Å². The summed E-state index contributed by atoms with van der Waals surface area (Å²) in [7, 11) is 2.17. The summed E-state index contributed by atoms with van der Waals surface area (Å²) in [6.45, 7) is 3.31. The maximum Gasteiger partial charge on any atom is 0.253 e. The van der Waals surface area contributed by atoms with E-state index < -0.39 is 0 Å². The molecule has 0 spiro atoms. The van der Waals surface area contributed by atoms with Crippen LogP contribution in [0.2, 0.25) is 0 Å². The van der Waals surface area contributed by atoms with Crippen molar-refractivity contribution in [3.8, 4) is 0 Å². The molecular formula is C19H25N5O.